The van der Waals surface area contributed by atoms with Crippen molar-refractivity contribution in [2.45, 2.75) is 19.2 Å². The van der Waals surface area contributed by atoms with Gasteiger partial charge in [0.15, 0.2) is 0 Å². The SMILES string of the molecule is CCc1ccc(N(C)c2ccc(CCl)cc2[N+](=O)[O-])cc1. The van der Waals surface area contributed by atoms with E-state index in [1.165, 1.54) is 11.6 Å². The predicted molar refractivity (Wildman–Crippen MR) is 86.5 cm³/mol. The standard InChI is InChI=1S/C16H17ClN2O2/c1-3-12-4-7-14(8-5-12)18(2)15-9-6-13(11-17)10-16(15)19(20)21/h4-10H,3,11H2,1-2H3. The molecule has 0 heterocycles. The first-order valence-corrected chi connectivity index (χ1v) is 7.26. The molecule has 5 heteroatoms. The van der Waals surface area contributed by atoms with Crippen LogP contribution in [-0.2, 0) is 12.3 Å². The van der Waals surface area contributed by atoms with Gasteiger partial charge in [0.1, 0.15) is 5.69 Å². The maximum Gasteiger partial charge on any atom is 0.293 e. The number of hydrogen-bond acceptors (Lipinski definition) is 3. The van der Waals surface area contributed by atoms with Gasteiger partial charge in [-0.3, -0.25) is 10.1 Å². The monoisotopic (exact) mass is 304 g/mol. The van der Waals surface area contributed by atoms with Crippen LogP contribution in [0.4, 0.5) is 17.1 Å². The van der Waals surface area contributed by atoms with Crippen molar-refractivity contribution < 1.29 is 4.92 Å². The number of aryl methyl sites for hydroxylation is 1. The zero-order chi connectivity index (χ0) is 15.4. The van der Waals surface area contributed by atoms with Gasteiger partial charge in [-0.05, 0) is 35.7 Å². The van der Waals surface area contributed by atoms with E-state index in [1.807, 2.05) is 42.3 Å². The molecular formula is C16H17ClN2O2. The van der Waals surface area contributed by atoms with Gasteiger partial charge in [-0.2, -0.15) is 0 Å². The van der Waals surface area contributed by atoms with Crippen molar-refractivity contribution in [1.82, 2.24) is 0 Å². The van der Waals surface area contributed by atoms with E-state index in [2.05, 4.69) is 6.92 Å². The van der Waals surface area contributed by atoms with Crippen LogP contribution in [0.2, 0.25) is 0 Å². The van der Waals surface area contributed by atoms with Crippen LogP contribution in [0.3, 0.4) is 0 Å². The lowest BCUT2D eigenvalue weighted by molar-refractivity contribution is -0.384. The highest BCUT2D eigenvalue weighted by molar-refractivity contribution is 6.17. The van der Waals surface area contributed by atoms with Crippen LogP contribution in [0.25, 0.3) is 0 Å². The van der Waals surface area contributed by atoms with Gasteiger partial charge in [-0.15, -0.1) is 11.6 Å². The van der Waals surface area contributed by atoms with Gasteiger partial charge < -0.3 is 4.90 Å². The zero-order valence-electron chi connectivity index (χ0n) is 12.0. The Morgan fingerprint density at radius 3 is 2.29 bits per heavy atom. The number of benzene rings is 2. The molecule has 4 nitrogen and oxygen atoms in total. The summed E-state index contributed by atoms with van der Waals surface area (Å²) in [5, 5.41) is 11.3. The predicted octanol–water partition coefficient (Wildman–Crippen LogP) is 4.66. The van der Waals surface area contributed by atoms with Crippen molar-refractivity contribution in [2.75, 3.05) is 11.9 Å². The molecule has 0 fully saturated rings. The van der Waals surface area contributed by atoms with E-state index in [0.717, 1.165) is 17.7 Å². The summed E-state index contributed by atoms with van der Waals surface area (Å²) in [4.78, 5) is 12.7. The highest BCUT2D eigenvalue weighted by Crippen LogP contribution is 2.33. The molecule has 0 spiro atoms. The van der Waals surface area contributed by atoms with Gasteiger partial charge in [0.2, 0.25) is 0 Å². The second-order valence-electron chi connectivity index (χ2n) is 4.79. The molecule has 2 rings (SSSR count). The fraction of sp³-hybridized carbons (Fsp3) is 0.250. The summed E-state index contributed by atoms with van der Waals surface area (Å²) in [6.45, 7) is 2.09. The normalized spacial score (nSPS) is 10.4. The number of rotatable bonds is 5. The van der Waals surface area contributed by atoms with E-state index >= 15 is 0 Å². The third-order valence-electron chi connectivity index (χ3n) is 3.48. The Morgan fingerprint density at radius 2 is 1.76 bits per heavy atom. The van der Waals surface area contributed by atoms with Crippen molar-refractivity contribution in [2.24, 2.45) is 0 Å². The second-order valence-corrected chi connectivity index (χ2v) is 5.06. The first-order valence-electron chi connectivity index (χ1n) is 6.72. The molecule has 0 radical (unpaired) electrons. The van der Waals surface area contributed by atoms with Gasteiger partial charge >= 0.3 is 0 Å². The highest BCUT2D eigenvalue weighted by atomic mass is 35.5. The Kier molecular flexibility index (Phi) is 4.81. The van der Waals surface area contributed by atoms with E-state index in [4.69, 9.17) is 11.6 Å². The van der Waals surface area contributed by atoms with Gasteiger partial charge in [0.25, 0.3) is 5.69 Å². The van der Waals surface area contributed by atoms with Crippen molar-refractivity contribution in [3.05, 3.63) is 63.7 Å². The summed E-state index contributed by atoms with van der Waals surface area (Å²) >= 11 is 5.75. The Bertz CT molecular complexity index is 641. The van der Waals surface area contributed by atoms with Crippen LogP contribution in [0.5, 0.6) is 0 Å². The fourth-order valence-corrected chi connectivity index (χ4v) is 2.34. The van der Waals surface area contributed by atoms with Crippen LogP contribution in [0.1, 0.15) is 18.1 Å². The van der Waals surface area contributed by atoms with Crippen molar-refractivity contribution >= 4 is 28.7 Å². The minimum atomic E-state index is -0.373. The molecule has 0 amide bonds. The average molecular weight is 305 g/mol. The number of nitro groups is 1. The molecule has 0 saturated heterocycles. The minimum Gasteiger partial charge on any atom is -0.339 e. The largest absolute Gasteiger partial charge is 0.339 e. The fourth-order valence-electron chi connectivity index (χ4n) is 2.18. The third-order valence-corrected chi connectivity index (χ3v) is 3.79. The Morgan fingerprint density at radius 1 is 1.14 bits per heavy atom. The van der Waals surface area contributed by atoms with Crippen LogP contribution in [0, 0.1) is 10.1 Å². The number of anilines is 2. The van der Waals surface area contributed by atoms with Crippen LogP contribution in [-0.4, -0.2) is 12.0 Å². The molecule has 0 N–H and O–H groups in total. The average Bonchev–Trinajstić information content (AvgIpc) is 2.53. The van der Waals surface area contributed by atoms with E-state index in [1.54, 1.807) is 6.07 Å². The van der Waals surface area contributed by atoms with Gasteiger partial charge in [0.05, 0.1) is 4.92 Å². The molecule has 0 bridgehead atoms. The number of hydrogen-bond donors (Lipinski definition) is 0. The van der Waals surface area contributed by atoms with Gasteiger partial charge in [0, 0.05) is 24.7 Å². The second kappa shape index (κ2) is 6.59. The topological polar surface area (TPSA) is 46.4 Å². The molecule has 0 aliphatic carbocycles. The minimum absolute atomic E-state index is 0.0650. The molecule has 0 aliphatic heterocycles. The van der Waals surface area contributed by atoms with E-state index in [9.17, 15) is 10.1 Å². The van der Waals surface area contributed by atoms with Gasteiger partial charge in [-0.25, -0.2) is 0 Å². The molecule has 2 aromatic carbocycles. The Labute approximate surface area is 129 Å². The van der Waals surface area contributed by atoms with Crippen LogP contribution >= 0.6 is 11.6 Å². The molecule has 110 valence electrons. The van der Waals surface area contributed by atoms with E-state index in [-0.39, 0.29) is 16.5 Å². The summed E-state index contributed by atoms with van der Waals surface area (Å²) < 4.78 is 0. The van der Waals surface area contributed by atoms with E-state index < -0.39 is 0 Å². The van der Waals surface area contributed by atoms with Crippen molar-refractivity contribution in [3.63, 3.8) is 0 Å². The summed E-state index contributed by atoms with van der Waals surface area (Å²) in [7, 11) is 1.82. The summed E-state index contributed by atoms with van der Waals surface area (Å²) in [6, 6.07) is 13.1. The van der Waals surface area contributed by atoms with Crippen molar-refractivity contribution in [1.29, 1.82) is 0 Å². The molecule has 0 aliphatic rings. The third kappa shape index (κ3) is 3.34. The molecule has 0 atom stereocenters. The number of alkyl halides is 1. The summed E-state index contributed by atoms with van der Waals surface area (Å²) in [5.41, 5.74) is 3.50. The first kappa shape index (κ1) is 15.3. The smallest absolute Gasteiger partial charge is 0.293 e. The quantitative estimate of drug-likeness (QED) is 0.458. The first-order chi connectivity index (χ1) is 10.1. The molecule has 0 unspecified atom stereocenters. The van der Waals surface area contributed by atoms with Crippen LogP contribution in [0.15, 0.2) is 42.5 Å². The Hall–Kier alpha value is -2.07. The Balaban J connectivity index is 2.41. The highest BCUT2D eigenvalue weighted by Gasteiger charge is 2.18. The maximum absolute atomic E-state index is 11.3. The molecular weight excluding hydrogens is 288 g/mol. The molecule has 2 aromatic rings. The lowest BCUT2D eigenvalue weighted by Crippen LogP contribution is -2.11. The number of halogens is 1. The lowest BCUT2D eigenvalue weighted by atomic mass is 10.1. The zero-order valence-corrected chi connectivity index (χ0v) is 12.8. The van der Waals surface area contributed by atoms with Crippen molar-refractivity contribution in [3.8, 4) is 0 Å². The maximum atomic E-state index is 11.3. The number of nitrogens with zero attached hydrogens (tertiary/aromatic N) is 2. The van der Waals surface area contributed by atoms with E-state index in [0.29, 0.717) is 5.69 Å². The molecule has 0 saturated carbocycles. The lowest BCUT2D eigenvalue weighted by Gasteiger charge is -2.20. The van der Waals surface area contributed by atoms with Gasteiger partial charge in [-0.1, -0.05) is 25.1 Å². The molecule has 21 heavy (non-hydrogen) atoms. The molecule has 0 aromatic heterocycles. The van der Waals surface area contributed by atoms with Crippen LogP contribution < -0.4 is 4.90 Å². The number of nitro benzene ring substituents is 1. The summed E-state index contributed by atoms with van der Waals surface area (Å²) in [6.07, 6.45) is 0.967. The summed E-state index contributed by atoms with van der Waals surface area (Å²) in [5.74, 6) is 0.260.